The minimum Gasteiger partial charge on any atom is -0.379 e. The van der Waals surface area contributed by atoms with Gasteiger partial charge in [-0.05, 0) is 57.0 Å². The van der Waals surface area contributed by atoms with Gasteiger partial charge in [-0.15, -0.1) is 0 Å². The second-order valence-corrected chi connectivity index (χ2v) is 8.63. The highest BCUT2D eigenvalue weighted by Crippen LogP contribution is 2.11. The number of amides is 1. The van der Waals surface area contributed by atoms with Gasteiger partial charge in [-0.2, -0.15) is 0 Å². The van der Waals surface area contributed by atoms with E-state index < -0.39 is 10.0 Å². The monoisotopic (exact) mass is 404 g/mol. The van der Waals surface area contributed by atoms with Gasteiger partial charge in [0.25, 0.3) is 5.91 Å². The predicted octanol–water partition coefficient (Wildman–Crippen LogP) is 3.02. The van der Waals surface area contributed by atoms with Gasteiger partial charge in [0.05, 0.1) is 11.0 Å². The predicted molar refractivity (Wildman–Crippen MR) is 110 cm³/mol. The quantitative estimate of drug-likeness (QED) is 0.596. The molecule has 6 nitrogen and oxygen atoms in total. The van der Waals surface area contributed by atoms with Crippen LogP contribution >= 0.6 is 0 Å². The summed E-state index contributed by atoms with van der Waals surface area (Å²) in [6, 6.07) is 13.6. The highest BCUT2D eigenvalue weighted by atomic mass is 32.2. The second kappa shape index (κ2) is 10.4. The van der Waals surface area contributed by atoms with Gasteiger partial charge in [-0.25, -0.2) is 13.1 Å². The molecule has 2 aromatic carbocycles. The van der Waals surface area contributed by atoms with E-state index in [9.17, 15) is 13.2 Å². The molecule has 2 rings (SSSR count). The van der Waals surface area contributed by atoms with Crippen molar-refractivity contribution in [1.29, 1.82) is 0 Å². The maximum absolute atomic E-state index is 12.3. The first-order chi connectivity index (χ1) is 13.3. The van der Waals surface area contributed by atoms with E-state index in [0.29, 0.717) is 18.7 Å². The number of carbonyl (C=O) groups excluding carboxylic acids is 1. The Balaban J connectivity index is 1.83. The van der Waals surface area contributed by atoms with E-state index in [4.69, 9.17) is 4.74 Å². The molecule has 2 aromatic rings. The van der Waals surface area contributed by atoms with Crippen LogP contribution in [0.5, 0.6) is 0 Å². The highest BCUT2D eigenvalue weighted by Gasteiger charge is 2.13. The molecule has 0 fully saturated rings. The van der Waals surface area contributed by atoms with E-state index in [1.807, 2.05) is 20.8 Å². The summed E-state index contributed by atoms with van der Waals surface area (Å²) in [5.74, 6) is -0.156. The van der Waals surface area contributed by atoms with E-state index in [0.717, 1.165) is 17.5 Å². The van der Waals surface area contributed by atoms with Crippen LogP contribution in [0.4, 0.5) is 0 Å². The number of hydrogen-bond acceptors (Lipinski definition) is 4. The zero-order chi connectivity index (χ0) is 20.6. The third-order valence-corrected chi connectivity index (χ3v) is 5.49. The molecule has 0 saturated carbocycles. The molecule has 0 aliphatic rings. The van der Waals surface area contributed by atoms with Gasteiger partial charge in [0, 0.05) is 25.3 Å². The lowest BCUT2D eigenvalue weighted by molar-refractivity contribution is 0.0757. The summed E-state index contributed by atoms with van der Waals surface area (Å²) in [5, 5.41) is 2.84. The number of nitrogens with one attached hydrogen (secondary N) is 2. The Morgan fingerprint density at radius 2 is 1.68 bits per heavy atom. The van der Waals surface area contributed by atoms with Crippen LogP contribution in [0.25, 0.3) is 0 Å². The Labute approximate surface area is 167 Å². The summed E-state index contributed by atoms with van der Waals surface area (Å²) in [7, 11) is -3.57. The highest BCUT2D eigenvalue weighted by molar-refractivity contribution is 7.89. The normalized spacial score (nSPS) is 11.6. The molecule has 152 valence electrons. The first-order valence-corrected chi connectivity index (χ1v) is 10.8. The fourth-order valence-corrected chi connectivity index (χ4v) is 3.47. The summed E-state index contributed by atoms with van der Waals surface area (Å²) in [6.45, 7) is 7.16. The molecular formula is C21H28N2O4S. The van der Waals surface area contributed by atoms with Gasteiger partial charge in [0.1, 0.15) is 0 Å². The minimum absolute atomic E-state index is 0.156. The van der Waals surface area contributed by atoms with Crippen molar-refractivity contribution < 1.29 is 17.9 Å². The smallest absolute Gasteiger partial charge is 0.251 e. The molecule has 7 heteroatoms. The number of carbonyl (C=O) groups is 1. The molecule has 0 bridgehead atoms. The number of hydrogen-bond donors (Lipinski definition) is 2. The largest absolute Gasteiger partial charge is 0.379 e. The summed E-state index contributed by atoms with van der Waals surface area (Å²) < 4.78 is 32.6. The van der Waals surface area contributed by atoms with Crippen LogP contribution in [0.3, 0.4) is 0 Å². The van der Waals surface area contributed by atoms with Crippen molar-refractivity contribution in [1.82, 2.24) is 10.0 Å². The summed E-state index contributed by atoms with van der Waals surface area (Å²) in [6.07, 6.45) is 0.940. The van der Waals surface area contributed by atoms with Crippen molar-refractivity contribution in [2.45, 2.75) is 44.7 Å². The standard InChI is InChI=1S/C21H28N2O4S/c1-16(2)27-14-4-13-22-21(24)19-9-7-18(8-10-19)15-23-28(25,26)20-11-5-17(3)6-12-20/h5-12,16,23H,4,13-15H2,1-3H3,(H,22,24). The van der Waals surface area contributed by atoms with Crippen molar-refractivity contribution in [3.05, 3.63) is 65.2 Å². The van der Waals surface area contributed by atoms with E-state index >= 15 is 0 Å². The average molecular weight is 405 g/mol. The Morgan fingerprint density at radius 3 is 2.29 bits per heavy atom. The molecule has 0 saturated heterocycles. The van der Waals surface area contributed by atoms with Crippen molar-refractivity contribution in [3.8, 4) is 0 Å². The van der Waals surface area contributed by atoms with Crippen molar-refractivity contribution in [3.63, 3.8) is 0 Å². The Bertz CT molecular complexity index is 860. The van der Waals surface area contributed by atoms with Gasteiger partial charge in [0.2, 0.25) is 10.0 Å². The molecule has 0 aromatic heterocycles. The van der Waals surface area contributed by atoms with Gasteiger partial charge in [-0.3, -0.25) is 4.79 Å². The molecule has 0 aliphatic carbocycles. The Hall–Kier alpha value is -2.22. The fraction of sp³-hybridized carbons (Fsp3) is 0.381. The SMILES string of the molecule is Cc1ccc(S(=O)(=O)NCc2ccc(C(=O)NCCCOC(C)C)cc2)cc1. The molecule has 2 N–H and O–H groups in total. The molecular weight excluding hydrogens is 376 g/mol. The van der Waals surface area contributed by atoms with Gasteiger partial charge in [0.15, 0.2) is 0 Å². The van der Waals surface area contributed by atoms with Crippen molar-refractivity contribution in [2.24, 2.45) is 0 Å². The van der Waals surface area contributed by atoms with Crippen LogP contribution in [-0.4, -0.2) is 33.6 Å². The summed E-state index contributed by atoms with van der Waals surface area (Å²) in [5.41, 5.74) is 2.31. The molecule has 0 unspecified atom stereocenters. The van der Waals surface area contributed by atoms with E-state index in [1.54, 1.807) is 48.5 Å². The van der Waals surface area contributed by atoms with Gasteiger partial charge < -0.3 is 10.1 Å². The third-order valence-electron chi connectivity index (χ3n) is 4.07. The molecule has 0 aliphatic heterocycles. The zero-order valence-corrected chi connectivity index (χ0v) is 17.4. The molecule has 0 radical (unpaired) electrons. The lowest BCUT2D eigenvalue weighted by Crippen LogP contribution is -2.26. The van der Waals surface area contributed by atoms with Crippen LogP contribution < -0.4 is 10.0 Å². The van der Waals surface area contributed by atoms with Crippen molar-refractivity contribution >= 4 is 15.9 Å². The first-order valence-electron chi connectivity index (χ1n) is 9.33. The lowest BCUT2D eigenvalue weighted by Gasteiger charge is -2.09. The van der Waals surface area contributed by atoms with Crippen LogP contribution in [0.2, 0.25) is 0 Å². The maximum atomic E-state index is 12.3. The number of rotatable bonds is 10. The average Bonchev–Trinajstić information content (AvgIpc) is 2.66. The van der Waals surface area contributed by atoms with Crippen LogP contribution in [0.1, 0.15) is 41.8 Å². The maximum Gasteiger partial charge on any atom is 0.251 e. The van der Waals surface area contributed by atoms with Crippen LogP contribution in [0.15, 0.2) is 53.4 Å². The van der Waals surface area contributed by atoms with Crippen LogP contribution in [-0.2, 0) is 21.3 Å². The third kappa shape index (κ3) is 7.07. The minimum atomic E-state index is -3.57. The van der Waals surface area contributed by atoms with E-state index in [1.165, 1.54) is 0 Å². The summed E-state index contributed by atoms with van der Waals surface area (Å²) >= 11 is 0. The van der Waals surface area contributed by atoms with Gasteiger partial charge >= 0.3 is 0 Å². The van der Waals surface area contributed by atoms with Gasteiger partial charge in [-0.1, -0.05) is 29.8 Å². The van der Waals surface area contributed by atoms with E-state index in [2.05, 4.69) is 10.0 Å². The van der Waals surface area contributed by atoms with Crippen LogP contribution in [0, 0.1) is 6.92 Å². The lowest BCUT2D eigenvalue weighted by atomic mass is 10.1. The Morgan fingerprint density at radius 1 is 1.04 bits per heavy atom. The summed E-state index contributed by atoms with van der Waals surface area (Å²) in [4.78, 5) is 12.4. The molecule has 0 atom stereocenters. The second-order valence-electron chi connectivity index (χ2n) is 6.86. The number of aryl methyl sites for hydroxylation is 1. The molecule has 28 heavy (non-hydrogen) atoms. The molecule has 0 heterocycles. The van der Waals surface area contributed by atoms with Crippen molar-refractivity contribution in [2.75, 3.05) is 13.2 Å². The number of benzene rings is 2. The molecule has 0 spiro atoms. The van der Waals surface area contributed by atoms with E-state index in [-0.39, 0.29) is 23.5 Å². The Kier molecular flexibility index (Phi) is 8.17. The molecule has 1 amide bonds. The zero-order valence-electron chi connectivity index (χ0n) is 16.6. The topological polar surface area (TPSA) is 84.5 Å². The fourth-order valence-electron chi connectivity index (χ4n) is 2.45. The number of sulfonamides is 1. The first kappa shape index (κ1) is 22.1. The number of ether oxygens (including phenoxy) is 1.